The summed E-state index contributed by atoms with van der Waals surface area (Å²) in [4.78, 5) is 2.35. The van der Waals surface area contributed by atoms with Crippen LogP contribution in [0.2, 0.25) is 0 Å². The lowest BCUT2D eigenvalue weighted by atomic mass is 9.74. The molecule has 0 aliphatic heterocycles. The molecule has 9 aromatic carbocycles. The van der Waals surface area contributed by atoms with Gasteiger partial charge in [-0.25, -0.2) is 0 Å². The summed E-state index contributed by atoms with van der Waals surface area (Å²) in [6.07, 6.45) is 0. The van der Waals surface area contributed by atoms with Gasteiger partial charge < -0.3 is 4.90 Å². The Bertz CT molecular complexity index is 2960. The standard InChI is InChI=1S/C56H39NS/c1-56(51-20-10-8-17-47(51)48-18-9-11-21-52(48)56)53-22-12-19-50-49-36-29-43(37-54(49)58-55(50)53)42-27-34-46(35-28-42)57(44-30-23-40(24-31-44)38-13-4-2-5-14-38)45-32-25-41(26-33-45)39-15-6-3-7-16-39/h2-37H,1H3. The lowest BCUT2D eigenvalue weighted by Gasteiger charge is -2.28. The summed E-state index contributed by atoms with van der Waals surface area (Å²) >= 11 is 1.93. The molecule has 0 bridgehead atoms. The van der Waals surface area contributed by atoms with Gasteiger partial charge in [0, 0.05) is 42.6 Å². The molecule has 1 aliphatic carbocycles. The van der Waals surface area contributed by atoms with Gasteiger partial charge in [0.05, 0.1) is 0 Å². The smallest absolute Gasteiger partial charge is 0.0462 e. The minimum Gasteiger partial charge on any atom is -0.311 e. The van der Waals surface area contributed by atoms with Crippen LogP contribution in [0.15, 0.2) is 218 Å². The number of fused-ring (bicyclic) bond motifs is 6. The van der Waals surface area contributed by atoms with E-state index >= 15 is 0 Å². The summed E-state index contributed by atoms with van der Waals surface area (Å²) in [5.74, 6) is 0. The maximum absolute atomic E-state index is 2.42. The number of benzene rings is 9. The van der Waals surface area contributed by atoms with Crippen molar-refractivity contribution in [1.29, 1.82) is 0 Å². The molecule has 0 atom stereocenters. The Labute approximate surface area is 343 Å². The highest BCUT2D eigenvalue weighted by molar-refractivity contribution is 7.26. The molecule has 0 fully saturated rings. The molecule has 0 saturated heterocycles. The summed E-state index contributed by atoms with van der Waals surface area (Å²) in [6, 6.07) is 79.9. The fourth-order valence-corrected chi connectivity index (χ4v) is 10.6. The van der Waals surface area contributed by atoms with Gasteiger partial charge >= 0.3 is 0 Å². The van der Waals surface area contributed by atoms with Gasteiger partial charge in [0.25, 0.3) is 0 Å². The molecule has 1 heterocycles. The maximum atomic E-state index is 2.42. The molecule has 0 amide bonds. The molecule has 58 heavy (non-hydrogen) atoms. The van der Waals surface area contributed by atoms with E-state index in [1.54, 1.807) is 0 Å². The molecule has 10 aromatic rings. The second kappa shape index (κ2) is 13.9. The van der Waals surface area contributed by atoms with Crippen molar-refractivity contribution in [3.8, 4) is 44.5 Å². The molecule has 1 aromatic heterocycles. The highest BCUT2D eigenvalue weighted by Crippen LogP contribution is 2.55. The van der Waals surface area contributed by atoms with Crippen molar-refractivity contribution in [2.75, 3.05) is 4.90 Å². The zero-order chi connectivity index (χ0) is 38.6. The number of hydrogen-bond acceptors (Lipinski definition) is 2. The Morgan fingerprint density at radius 1 is 0.345 bits per heavy atom. The number of nitrogens with zero attached hydrogens (tertiary/aromatic N) is 1. The lowest BCUT2D eigenvalue weighted by Crippen LogP contribution is -2.22. The summed E-state index contributed by atoms with van der Waals surface area (Å²) in [5, 5.41) is 2.64. The Hall–Kier alpha value is -7.00. The molecule has 0 unspecified atom stereocenters. The lowest BCUT2D eigenvalue weighted by molar-refractivity contribution is 0.722. The van der Waals surface area contributed by atoms with E-state index in [1.165, 1.54) is 81.4 Å². The van der Waals surface area contributed by atoms with Crippen LogP contribution in [0.1, 0.15) is 23.6 Å². The molecule has 0 radical (unpaired) electrons. The van der Waals surface area contributed by atoms with Crippen LogP contribution in [0.3, 0.4) is 0 Å². The van der Waals surface area contributed by atoms with Crippen LogP contribution in [-0.4, -0.2) is 0 Å². The summed E-state index contributed by atoms with van der Waals surface area (Å²) in [5.41, 5.74) is 17.2. The minimum atomic E-state index is -0.234. The van der Waals surface area contributed by atoms with Crippen LogP contribution >= 0.6 is 11.3 Å². The van der Waals surface area contributed by atoms with Crippen LogP contribution in [0.25, 0.3) is 64.7 Å². The molecule has 0 N–H and O–H groups in total. The van der Waals surface area contributed by atoms with Crippen molar-refractivity contribution < 1.29 is 0 Å². The van der Waals surface area contributed by atoms with Crippen LogP contribution in [0, 0.1) is 0 Å². The summed E-state index contributed by atoms with van der Waals surface area (Å²) < 4.78 is 2.68. The second-order valence-electron chi connectivity index (χ2n) is 15.4. The van der Waals surface area contributed by atoms with Crippen molar-refractivity contribution in [2.24, 2.45) is 0 Å². The van der Waals surface area contributed by atoms with Gasteiger partial charge in [-0.15, -0.1) is 11.3 Å². The van der Waals surface area contributed by atoms with Gasteiger partial charge in [0.1, 0.15) is 0 Å². The van der Waals surface area contributed by atoms with E-state index in [-0.39, 0.29) is 5.41 Å². The predicted octanol–water partition coefficient (Wildman–Crippen LogP) is 15.9. The molecule has 2 heteroatoms. The molecule has 274 valence electrons. The SMILES string of the molecule is CC1(c2cccc3c2sc2cc(-c4ccc(N(c5ccc(-c6ccccc6)cc5)c5ccc(-c6ccccc6)cc5)cc4)ccc23)c2ccccc2-c2ccccc21. The monoisotopic (exact) mass is 757 g/mol. The van der Waals surface area contributed by atoms with Crippen LogP contribution < -0.4 is 4.90 Å². The van der Waals surface area contributed by atoms with E-state index in [9.17, 15) is 0 Å². The molecule has 1 aliphatic rings. The first-order valence-corrected chi connectivity index (χ1v) is 20.8. The Balaban J connectivity index is 0.964. The van der Waals surface area contributed by atoms with Crippen LogP contribution in [0.4, 0.5) is 17.1 Å². The summed E-state index contributed by atoms with van der Waals surface area (Å²) in [6.45, 7) is 2.42. The largest absolute Gasteiger partial charge is 0.311 e. The van der Waals surface area contributed by atoms with E-state index in [4.69, 9.17) is 0 Å². The number of hydrogen-bond donors (Lipinski definition) is 0. The van der Waals surface area contributed by atoms with Crippen molar-refractivity contribution in [1.82, 2.24) is 0 Å². The van der Waals surface area contributed by atoms with Crippen molar-refractivity contribution in [3.05, 3.63) is 235 Å². The van der Waals surface area contributed by atoms with Crippen LogP contribution in [0.5, 0.6) is 0 Å². The van der Waals surface area contributed by atoms with E-state index in [1.807, 2.05) is 11.3 Å². The quantitative estimate of drug-likeness (QED) is 0.156. The highest BCUT2D eigenvalue weighted by Gasteiger charge is 2.41. The first-order valence-electron chi connectivity index (χ1n) is 20.0. The zero-order valence-corrected chi connectivity index (χ0v) is 33.0. The maximum Gasteiger partial charge on any atom is 0.0462 e. The highest BCUT2D eigenvalue weighted by atomic mass is 32.1. The topological polar surface area (TPSA) is 3.24 Å². The zero-order valence-electron chi connectivity index (χ0n) is 32.1. The minimum absolute atomic E-state index is 0.234. The Morgan fingerprint density at radius 3 is 1.28 bits per heavy atom. The van der Waals surface area contributed by atoms with Crippen molar-refractivity contribution in [3.63, 3.8) is 0 Å². The fourth-order valence-electron chi connectivity index (χ4n) is 9.23. The van der Waals surface area contributed by atoms with Crippen LogP contribution in [-0.2, 0) is 5.41 Å². The normalized spacial score (nSPS) is 12.7. The van der Waals surface area contributed by atoms with Crippen molar-refractivity contribution in [2.45, 2.75) is 12.3 Å². The first kappa shape index (κ1) is 34.3. The second-order valence-corrected chi connectivity index (χ2v) is 16.5. The van der Waals surface area contributed by atoms with Gasteiger partial charge in [-0.2, -0.15) is 0 Å². The number of rotatable bonds is 7. The van der Waals surface area contributed by atoms with E-state index in [0.29, 0.717) is 0 Å². The molecule has 1 nitrogen and oxygen atoms in total. The van der Waals surface area contributed by atoms with Gasteiger partial charge in [-0.3, -0.25) is 0 Å². The molecular weight excluding hydrogens is 719 g/mol. The van der Waals surface area contributed by atoms with Gasteiger partial charge in [0.2, 0.25) is 0 Å². The fraction of sp³-hybridized carbons (Fsp3) is 0.0357. The summed E-state index contributed by atoms with van der Waals surface area (Å²) in [7, 11) is 0. The third-order valence-corrected chi connectivity index (χ3v) is 13.4. The third-order valence-electron chi connectivity index (χ3n) is 12.2. The number of anilines is 3. The molecule has 11 rings (SSSR count). The average molecular weight is 758 g/mol. The van der Waals surface area contributed by atoms with Gasteiger partial charge in [-0.05, 0) is 111 Å². The average Bonchev–Trinajstić information content (AvgIpc) is 3.80. The van der Waals surface area contributed by atoms with Gasteiger partial charge in [-0.1, -0.05) is 176 Å². The first-order chi connectivity index (χ1) is 28.6. The van der Waals surface area contributed by atoms with E-state index in [0.717, 1.165) is 17.1 Å². The molecular formula is C56H39NS. The third kappa shape index (κ3) is 5.60. The molecule has 0 spiro atoms. The van der Waals surface area contributed by atoms with E-state index < -0.39 is 0 Å². The number of thiophene rings is 1. The molecule has 0 saturated carbocycles. The van der Waals surface area contributed by atoms with Gasteiger partial charge in [0.15, 0.2) is 0 Å². The van der Waals surface area contributed by atoms with E-state index in [2.05, 4.69) is 230 Å². The predicted molar refractivity (Wildman–Crippen MR) is 248 cm³/mol. The Morgan fingerprint density at radius 2 is 0.759 bits per heavy atom. The Kier molecular flexibility index (Phi) is 8.20. The van der Waals surface area contributed by atoms with Crippen molar-refractivity contribution >= 4 is 48.6 Å².